The first kappa shape index (κ1) is 19.0. The Morgan fingerprint density at radius 3 is 2.59 bits per heavy atom. The summed E-state index contributed by atoms with van der Waals surface area (Å²) in [7, 11) is 1.52. The zero-order valence-electron chi connectivity index (χ0n) is 16.3. The van der Waals surface area contributed by atoms with Gasteiger partial charge in [-0.25, -0.2) is 4.79 Å². The van der Waals surface area contributed by atoms with Crippen molar-refractivity contribution in [1.82, 2.24) is 15.1 Å². The van der Waals surface area contributed by atoms with Gasteiger partial charge in [-0.1, -0.05) is 42.5 Å². The van der Waals surface area contributed by atoms with E-state index >= 15 is 0 Å². The average Bonchev–Trinajstić information content (AvgIpc) is 2.97. The smallest absolute Gasteiger partial charge is 0.325 e. The van der Waals surface area contributed by atoms with Gasteiger partial charge in [0.1, 0.15) is 11.3 Å². The van der Waals surface area contributed by atoms with Gasteiger partial charge in [0, 0.05) is 6.54 Å². The standard InChI is InChI=1S/C22H23N3O4/c1-29-18-11-6-5-10-17(18)19(26)24-13-7-12-22(15-24)20(27)25(21(28)23-22)14-16-8-3-2-4-9-16/h2-6,8-11H,7,12-15H2,1H3,(H,23,28). The molecule has 7 heteroatoms. The molecule has 2 fully saturated rings. The summed E-state index contributed by atoms with van der Waals surface area (Å²) >= 11 is 0. The molecule has 1 atom stereocenters. The van der Waals surface area contributed by atoms with Crippen LogP contribution in [0.4, 0.5) is 4.79 Å². The first-order valence-electron chi connectivity index (χ1n) is 9.64. The van der Waals surface area contributed by atoms with E-state index in [0.29, 0.717) is 30.7 Å². The summed E-state index contributed by atoms with van der Waals surface area (Å²) in [4.78, 5) is 41.7. The van der Waals surface area contributed by atoms with Crippen molar-refractivity contribution < 1.29 is 19.1 Å². The van der Waals surface area contributed by atoms with E-state index in [0.717, 1.165) is 5.56 Å². The van der Waals surface area contributed by atoms with Gasteiger partial charge < -0.3 is 15.0 Å². The second kappa shape index (κ2) is 7.58. The number of ether oxygens (including phenoxy) is 1. The number of benzene rings is 2. The minimum Gasteiger partial charge on any atom is -0.496 e. The maximum absolute atomic E-state index is 13.2. The van der Waals surface area contributed by atoms with Gasteiger partial charge >= 0.3 is 6.03 Å². The van der Waals surface area contributed by atoms with Crippen molar-refractivity contribution in [2.24, 2.45) is 0 Å². The summed E-state index contributed by atoms with van der Waals surface area (Å²) in [5.74, 6) is 0.0126. The fraction of sp³-hybridized carbons (Fsp3) is 0.318. The number of para-hydroxylation sites is 1. The number of nitrogens with zero attached hydrogens (tertiary/aromatic N) is 2. The van der Waals surface area contributed by atoms with E-state index in [1.54, 1.807) is 29.2 Å². The highest BCUT2D eigenvalue weighted by molar-refractivity contribution is 6.08. The minimum atomic E-state index is -1.07. The molecule has 1 spiro atoms. The van der Waals surface area contributed by atoms with E-state index in [-0.39, 0.29) is 24.9 Å². The van der Waals surface area contributed by atoms with Crippen LogP contribution in [0.1, 0.15) is 28.8 Å². The number of likely N-dealkylation sites (tertiary alicyclic amines) is 1. The highest BCUT2D eigenvalue weighted by Gasteiger charge is 2.53. The van der Waals surface area contributed by atoms with Crippen LogP contribution in [0.2, 0.25) is 0 Å². The molecule has 2 aromatic carbocycles. The third-order valence-corrected chi connectivity index (χ3v) is 5.55. The first-order valence-corrected chi connectivity index (χ1v) is 9.64. The zero-order chi connectivity index (χ0) is 20.4. The molecule has 4 rings (SSSR count). The predicted molar refractivity (Wildman–Crippen MR) is 106 cm³/mol. The average molecular weight is 393 g/mol. The molecule has 2 heterocycles. The van der Waals surface area contributed by atoms with Crippen LogP contribution < -0.4 is 10.1 Å². The molecule has 1 unspecified atom stereocenters. The van der Waals surface area contributed by atoms with E-state index in [1.165, 1.54) is 12.0 Å². The van der Waals surface area contributed by atoms with Crippen LogP contribution in [0.25, 0.3) is 0 Å². The predicted octanol–water partition coefficient (Wildman–Crippen LogP) is 2.42. The lowest BCUT2D eigenvalue weighted by Crippen LogP contribution is -2.59. The molecule has 0 aliphatic carbocycles. The Morgan fingerprint density at radius 1 is 1.10 bits per heavy atom. The van der Waals surface area contributed by atoms with Crippen molar-refractivity contribution in [2.75, 3.05) is 20.2 Å². The molecular formula is C22H23N3O4. The Morgan fingerprint density at radius 2 is 1.83 bits per heavy atom. The number of piperidine rings is 1. The monoisotopic (exact) mass is 393 g/mol. The lowest BCUT2D eigenvalue weighted by molar-refractivity contribution is -0.133. The Balaban J connectivity index is 1.55. The summed E-state index contributed by atoms with van der Waals surface area (Å²) in [6.07, 6.45) is 1.14. The number of urea groups is 1. The van der Waals surface area contributed by atoms with Crippen molar-refractivity contribution in [1.29, 1.82) is 0 Å². The van der Waals surface area contributed by atoms with Crippen LogP contribution in [0.15, 0.2) is 54.6 Å². The van der Waals surface area contributed by atoms with Gasteiger partial charge in [-0.3, -0.25) is 14.5 Å². The van der Waals surface area contributed by atoms with Crippen molar-refractivity contribution in [3.8, 4) is 5.75 Å². The van der Waals surface area contributed by atoms with E-state index in [1.807, 2.05) is 30.3 Å². The molecule has 2 aliphatic heterocycles. The van der Waals surface area contributed by atoms with Gasteiger partial charge in [-0.2, -0.15) is 0 Å². The van der Waals surface area contributed by atoms with E-state index < -0.39 is 11.6 Å². The molecule has 2 aromatic rings. The van der Waals surface area contributed by atoms with Crippen molar-refractivity contribution in [3.05, 3.63) is 65.7 Å². The maximum atomic E-state index is 13.2. The number of imide groups is 1. The summed E-state index contributed by atoms with van der Waals surface area (Å²) in [5, 5.41) is 2.87. The largest absolute Gasteiger partial charge is 0.496 e. The maximum Gasteiger partial charge on any atom is 0.325 e. The van der Waals surface area contributed by atoms with Gasteiger partial charge in [0.15, 0.2) is 0 Å². The number of hydrogen-bond acceptors (Lipinski definition) is 4. The van der Waals surface area contributed by atoms with Crippen molar-refractivity contribution >= 4 is 17.8 Å². The highest BCUT2D eigenvalue weighted by Crippen LogP contribution is 2.31. The van der Waals surface area contributed by atoms with Crippen LogP contribution in [-0.2, 0) is 11.3 Å². The molecule has 0 radical (unpaired) electrons. The Bertz CT molecular complexity index is 946. The number of carbonyl (C=O) groups is 3. The number of rotatable bonds is 4. The molecule has 0 saturated carbocycles. The number of methoxy groups -OCH3 is 1. The lowest BCUT2D eigenvalue weighted by atomic mass is 9.88. The molecule has 2 saturated heterocycles. The molecule has 7 nitrogen and oxygen atoms in total. The molecular weight excluding hydrogens is 370 g/mol. The molecule has 0 aromatic heterocycles. The van der Waals surface area contributed by atoms with Gasteiger partial charge in [-0.05, 0) is 30.5 Å². The normalized spacial score (nSPS) is 21.4. The third kappa shape index (κ3) is 3.44. The Labute approximate surface area is 169 Å². The Hall–Kier alpha value is -3.35. The molecule has 0 bridgehead atoms. The summed E-state index contributed by atoms with van der Waals surface area (Å²) in [6, 6.07) is 16.0. The number of nitrogens with one attached hydrogen (secondary N) is 1. The van der Waals surface area contributed by atoms with Crippen molar-refractivity contribution in [2.45, 2.75) is 24.9 Å². The SMILES string of the molecule is COc1ccccc1C(=O)N1CCCC2(C1)NC(=O)N(Cc1ccccc1)C2=O. The minimum absolute atomic E-state index is 0.153. The van der Waals surface area contributed by atoms with E-state index in [2.05, 4.69) is 5.32 Å². The fourth-order valence-corrected chi connectivity index (χ4v) is 4.08. The van der Waals surface area contributed by atoms with Crippen LogP contribution in [0.5, 0.6) is 5.75 Å². The fourth-order valence-electron chi connectivity index (χ4n) is 4.08. The van der Waals surface area contributed by atoms with E-state index in [9.17, 15) is 14.4 Å². The van der Waals surface area contributed by atoms with E-state index in [4.69, 9.17) is 4.74 Å². The summed E-state index contributed by atoms with van der Waals surface area (Å²) in [6.45, 7) is 0.897. The van der Waals surface area contributed by atoms with Crippen molar-refractivity contribution in [3.63, 3.8) is 0 Å². The third-order valence-electron chi connectivity index (χ3n) is 5.55. The van der Waals surface area contributed by atoms with Crippen LogP contribution in [0, 0.1) is 0 Å². The van der Waals surface area contributed by atoms with Crippen LogP contribution in [-0.4, -0.2) is 53.4 Å². The van der Waals surface area contributed by atoms with Gasteiger partial charge in [-0.15, -0.1) is 0 Å². The van der Waals surface area contributed by atoms with Crippen LogP contribution in [0.3, 0.4) is 0 Å². The summed E-state index contributed by atoms with van der Waals surface area (Å²) in [5.41, 5.74) is 0.262. The first-order chi connectivity index (χ1) is 14.0. The molecule has 2 aliphatic rings. The lowest BCUT2D eigenvalue weighted by Gasteiger charge is -2.38. The Kier molecular flexibility index (Phi) is 4.96. The number of amides is 4. The summed E-state index contributed by atoms with van der Waals surface area (Å²) < 4.78 is 5.30. The zero-order valence-corrected chi connectivity index (χ0v) is 16.3. The van der Waals surface area contributed by atoms with Gasteiger partial charge in [0.05, 0.1) is 25.8 Å². The molecule has 150 valence electrons. The second-order valence-electron chi connectivity index (χ2n) is 7.42. The molecule has 1 N–H and O–H groups in total. The number of hydrogen-bond donors (Lipinski definition) is 1. The number of carbonyl (C=O) groups excluding carboxylic acids is 3. The highest BCUT2D eigenvalue weighted by atomic mass is 16.5. The topological polar surface area (TPSA) is 79.0 Å². The second-order valence-corrected chi connectivity index (χ2v) is 7.42. The molecule has 29 heavy (non-hydrogen) atoms. The van der Waals surface area contributed by atoms with Gasteiger partial charge in [0.2, 0.25) is 0 Å². The van der Waals surface area contributed by atoms with Gasteiger partial charge in [0.25, 0.3) is 11.8 Å². The molecule has 4 amide bonds. The quantitative estimate of drug-likeness (QED) is 0.810. The van der Waals surface area contributed by atoms with Crippen LogP contribution >= 0.6 is 0 Å².